The standard InChI is InChI=1S/C12H16O4S/c1-9-4-5-10(2)11(8-9)17(14,15)7-6-12(13)16-3/h4-5,8H,6-7H2,1-3H3. The molecule has 0 aliphatic rings. The summed E-state index contributed by atoms with van der Waals surface area (Å²) in [5.41, 5.74) is 1.58. The first-order chi connectivity index (χ1) is 7.86. The van der Waals surface area contributed by atoms with Crippen molar-refractivity contribution < 1.29 is 17.9 Å². The van der Waals surface area contributed by atoms with Crippen molar-refractivity contribution >= 4 is 15.8 Å². The summed E-state index contributed by atoms with van der Waals surface area (Å²) in [6.07, 6.45) is -0.119. The molecule has 0 saturated heterocycles. The fraction of sp³-hybridized carbons (Fsp3) is 0.417. The molecule has 4 nitrogen and oxygen atoms in total. The monoisotopic (exact) mass is 256 g/mol. The van der Waals surface area contributed by atoms with Gasteiger partial charge in [0.15, 0.2) is 9.84 Å². The summed E-state index contributed by atoms with van der Waals surface area (Å²) in [6.45, 7) is 3.57. The van der Waals surface area contributed by atoms with Gasteiger partial charge in [0.2, 0.25) is 0 Å². The summed E-state index contributed by atoms with van der Waals surface area (Å²) in [7, 11) is -2.18. The maximum Gasteiger partial charge on any atom is 0.306 e. The second-order valence-corrected chi connectivity index (χ2v) is 5.99. The van der Waals surface area contributed by atoms with Crippen molar-refractivity contribution in [1.29, 1.82) is 0 Å². The Bertz CT molecular complexity index is 517. The minimum absolute atomic E-state index is 0.119. The third kappa shape index (κ3) is 3.56. The maximum absolute atomic E-state index is 12.0. The molecule has 0 heterocycles. The quantitative estimate of drug-likeness (QED) is 0.768. The Morgan fingerprint density at radius 3 is 2.53 bits per heavy atom. The zero-order valence-corrected chi connectivity index (χ0v) is 11.0. The predicted molar refractivity (Wildman–Crippen MR) is 64.6 cm³/mol. The number of methoxy groups -OCH3 is 1. The van der Waals surface area contributed by atoms with Crippen LogP contribution in [-0.2, 0) is 19.4 Å². The van der Waals surface area contributed by atoms with Gasteiger partial charge in [0.25, 0.3) is 0 Å². The van der Waals surface area contributed by atoms with Crippen LogP contribution in [0.2, 0.25) is 0 Å². The molecule has 0 aromatic heterocycles. The van der Waals surface area contributed by atoms with Crippen molar-refractivity contribution in [2.75, 3.05) is 12.9 Å². The summed E-state index contributed by atoms with van der Waals surface area (Å²) in [6, 6.07) is 5.25. The van der Waals surface area contributed by atoms with Gasteiger partial charge in [-0.2, -0.15) is 0 Å². The van der Waals surface area contributed by atoms with Crippen molar-refractivity contribution in [2.45, 2.75) is 25.2 Å². The smallest absolute Gasteiger partial charge is 0.306 e. The molecule has 0 radical (unpaired) electrons. The molecule has 5 heteroatoms. The van der Waals surface area contributed by atoms with Gasteiger partial charge in [-0.25, -0.2) is 8.42 Å². The number of carbonyl (C=O) groups is 1. The summed E-state index contributed by atoms with van der Waals surface area (Å²) in [5, 5.41) is 0. The fourth-order valence-corrected chi connectivity index (χ4v) is 3.05. The van der Waals surface area contributed by atoms with E-state index in [4.69, 9.17) is 0 Å². The molecule has 17 heavy (non-hydrogen) atoms. The van der Waals surface area contributed by atoms with Gasteiger partial charge in [0, 0.05) is 0 Å². The second kappa shape index (κ2) is 5.31. The zero-order valence-electron chi connectivity index (χ0n) is 10.2. The van der Waals surface area contributed by atoms with E-state index in [0.717, 1.165) is 5.56 Å². The highest BCUT2D eigenvalue weighted by Gasteiger charge is 2.18. The summed E-state index contributed by atoms with van der Waals surface area (Å²) >= 11 is 0. The Kier molecular flexibility index (Phi) is 4.28. The number of benzene rings is 1. The first-order valence-electron chi connectivity index (χ1n) is 5.23. The summed E-state index contributed by atoms with van der Waals surface area (Å²) in [4.78, 5) is 11.2. The largest absolute Gasteiger partial charge is 0.469 e. The van der Waals surface area contributed by atoms with Gasteiger partial charge in [-0.15, -0.1) is 0 Å². The van der Waals surface area contributed by atoms with Crippen LogP contribution in [-0.4, -0.2) is 27.2 Å². The molecule has 0 bridgehead atoms. The van der Waals surface area contributed by atoms with Crippen molar-refractivity contribution in [1.82, 2.24) is 0 Å². The molecular weight excluding hydrogens is 240 g/mol. The van der Waals surface area contributed by atoms with Gasteiger partial charge in [-0.1, -0.05) is 12.1 Å². The number of hydrogen-bond donors (Lipinski definition) is 0. The van der Waals surface area contributed by atoms with E-state index in [1.165, 1.54) is 7.11 Å². The molecule has 0 amide bonds. The van der Waals surface area contributed by atoms with E-state index in [9.17, 15) is 13.2 Å². The number of esters is 1. The Balaban J connectivity index is 2.97. The maximum atomic E-state index is 12.0. The molecule has 94 valence electrons. The highest BCUT2D eigenvalue weighted by Crippen LogP contribution is 2.18. The van der Waals surface area contributed by atoms with E-state index in [1.54, 1.807) is 19.1 Å². The molecule has 0 saturated carbocycles. The van der Waals surface area contributed by atoms with Gasteiger partial charge in [0.1, 0.15) is 0 Å². The highest BCUT2D eigenvalue weighted by molar-refractivity contribution is 7.91. The van der Waals surface area contributed by atoms with Crippen LogP contribution in [0.25, 0.3) is 0 Å². The first-order valence-corrected chi connectivity index (χ1v) is 6.89. The summed E-state index contributed by atoms with van der Waals surface area (Å²) < 4.78 is 28.5. The van der Waals surface area contributed by atoms with Gasteiger partial charge >= 0.3 is 5.97 Å². The molecular formula is C12H16O4S. The number of carbonyl (C=O) groups excluding carboxylic acids is 1. The van der Waals surface area contributed by atoms with E-state index in [0.29, 0.717) is 10.5 Å². The molecule has 1 aromatic carbocycles. The van der Waals surface area contributed by atoms with E-state index < -0.39 is 15.8 Å². The van der Waals surface area contributed by atoms with E-state index in [1.807, 2.05) is 13.0 Å². The molecule has 1 rings (SSSR count). The lowest BCUT2D eigenvalue weighted by atomic mass is 10.2. The third-order valence-corrected chi connectivity index (χ3v) is 4.33. The predicted octanol–water partition coefficient (Wildman–Crippen LogP) is 1.64. The Morgan fingerprint density at radius 2 is 1.94 bits per heavy atom. The number of hydrogen-bond acceptors (Lipinski definition) is 4. The minimum Gasteiger partial charge on any atom is -0.469 e. The second-order valence-electron chi connectivity index (χ2n) is 3.91. The Morgan fingerprint density at radius 1 is 1.29 bits per heavy atom. The van der Waals surface area contributed by atoms with Crippen LogP contribution in [0.3, 0.4) is 0 Å². The topological polar surface area (TPSA) is 60.4 Å². The molecule has 1 aromatic rings. The number of sulfone groups is 1. The van der Waals surface area contributed by atoms with Crippen molar-refractivity contribution in [2.24, 2.45) is 0 Å². The fourth-order valence-electron chi connectivity index (χ4n) is 1.47. The number of aryl methyl sites for hydroxylation is 2. The number of rotatable bonds is 4. The van der Waals surface area contributed by atoms with E-state index >= 15 is 0 Å². The SMILES string of the molecule is COC(=O)CCS(=O)(=O)c1cc(C)ccc1C. The van der Waals surface area contributed by atoms with Gasteiger partial charge in [0.05, 0.1) is 24.2 Å². The molecule has 0 unspecified atom stereocenters. The lowest BCUT2D eigenvalue weighted by Gasteiger charge is -2.08. The molecule has 0 fully saturated rings. The molecule has 0 N–H and O–H groups in total. The first kappa shape index (κ1) is 13.7. The third-order valence-electron chi connectivity index (χ3n) is 2.48. The van der Waals surface area contributed by atoms with Crippen LogP contribution in [0.15, 0.2) is 23.1 Å². The van der Waals surface area contributed by atoms with Crippen LogP contribution in [0.4, 0.5) is 0 Å². The van der Waals surface area contributed by atoms with Crippen LogP contribution in [0.1, 0.15) is 17.5 Å². The lowest BCUT2D eigenvalue weighted by molar-refractivity contribution is -0.140. The highest BCUT2D eigenvalue weighted by atomic mass is 32.2. The van der Waals surface area contributed by atoms with Gasteiger partial charge < -0.3 is 4.74 Å². The Hall–Kier alpha value is -1.36. The zero-order chi connectivity index (χ0) is 13.1. The van der Waals surface area contributed by atoms with Gasteiger partial charge in [-0.3, -0.25) is 4.79 Å². The summed E-state index contributed by atoms with van der Waals surface area (Å²) in [5.74, 6) is -0.733. The number of ether oxygens (including phenoxy) is 1. The molecule has 0 aliphatic heterocycles. The van der Waals surface area contributed by atoms with Gasteiger partial charge in [-0.05, 0) is 31.0 Å². The van der Waals surface area contributed by atoms with Crippen molar-refractivity contribution in [3.63, 3.8) is 0 Å². The van der Waals surface area contributed by atoms with Crippen LogP contribution in [0.5, 0.6) is 0 Å². The molecule has 0 spiro atoms. The van der Waals surface area contributed by atoms with Crippen LogP contribution in [0, 0.1) is 13.8 Å². The lowest BCUT2D eigenvalue weighted by Crippen LogP contribution is -2.13. The molecule has 0 atom stereocenters. The Labute approximate surface area is 102 Å². The van der Waals surface area contributed by atoms with Crippen LogP contribution >= 0.6 is 0 Å². The molecule has 0 aliphatic carbocycles. The van der Waals surface area contributed by atoms with Crippen molar-refractivity contribution in [3.05, 3.63) is 29.3 Å². The van der Waals surface area contributed by atoms with Crippen LogP contribution < -0.4 is 0 Å². The minimum atomic E-state index is -3.42. The average molecular weight is 256 g/mol. The van der Waals surface area contributed by atoms with E-state index in [-0.39, 0.29) is 12.2 Å². The van der Waals surface area contributed by atoms with E-state index in [2.05, 4.69) is 4.74 Å². The van der Waals surface area contributed by atoms with Crippen molar-refractivity contribution in [3.8, 4) is 0 Å². The average Bonchev–Trinajstić information content (AvgIpc) is 2.29. The normalized spacial score (nSPS) is 11.2.